The lowest BCUT2D eigenvalue weighted by atomic mass is 10.2. The number of nitrogens with two attached hydrogens (primary N) is 1. The second kappa shape index (κ2) is 4.65. The summed E-state index contributed by atoms with van der Waals surface area (Å²) in [6.07, 6.45) is 0. The molecule has 0 saturated carbocycles. The maximum Gasteiger partial charge on any atom is 0.125 e. The van der Waals surface area contributed by atoms with Gasteiger partial charge < -0.3 is 5.73 Å². The summed E-state index contributed by atoms with van der Waals surface area (Å²) in [5, 5.41) is 1.03. The highest BCUT2D eigenvalue weighted by molar-refractivity contribution is 9.10. The van der Waals surface area contributed by atoms with Gasteiger partial charge in [0, 0.05) is 21.5 Å². The lowest BCUT2D eigenvalue weighted by molar-refractivity contribution is 1.06. The predicted molar refractivity (Wildman–Crippen MR) is 72.6 cm³/mol. The van der Waals surface area contributed by atoms with Gasteiger partial charge in [-0.2, -0.15) is 0 Å². The van der Waals surface area contributed by atoms with Crippen molar-refractivity contribution in [1.29, 1.82) is 0 Å². The number of nitrogens with zero attached hydrogens (tertiary/aromatic N) is 1. The van der Waals surface area contributed by atoms with Crippen LogP contribution >= 0.6 is 27.3 Å². The zero-order valence-electron chi connectivity index (χ0n) is 9.25. The molecule has 0 unspecified atom stereocenters. The van der Waals surface area contributed by atoms with Gasteiger partial charge in [-0.05, 0) is 25.5 Å². The zero-order valence-corrected chi connectivity index (χ0v) is 11.7. The van der Waals surface area contributed by atoms with Crippen LogP contribution in [0.5, 0.6) is 0 Å². The minimum atomic E-state index is 0.562. The van der Waals surface area contributed by atoms with Crippen LogP contribution in [0, 0.1) is 13.8 Å². The summed E-state index contributed by atoms with van der Waals surface area (Å²) in [5.41, 5.74) is 9.08. The maximum atomic E-state index is 5.66. The molecule has 16 heavy (non-hydrogen) atoms. The van der Waals surface area contributed by atoms with Crippen molar-refractivity contribution in [3.8, 4) is 10.6 Å². The maximum absolute atomic E-state index is 5.66. The number of rotatable bonds is 2. The fourth-order valence-corrected chi connectivity index (χ4v) is 3.32. The number of aromatic nitrogens is 1. The Hall–Kier alpha value is -0.710. The van der Waals surface area contributed by atoms with Crippen molar-refractivity contribution in [1.82, 2.24) is 4.98 Å². The van der Waals surface area contributed by atoms with Crippen LogP contribution in [-0.2, 0) is 6.54 Å². The van der Waals surface area contributed by atoms with E-state index in [2.05, 4.69) is 46.0 Å². The standard InChI is InChI=1S/C12H13BrN2S/c1-7-3-4-9(10(13)5-7)12-15-8(2)11(6-14)16-12/h3-5H,6,14H2,1-2H3. The largest absolute Gasteiger partial charge is 0.326 e. The van der Waals surface area contributed by atoms with Crippen LogP contribution in [0.4, 0.5) is 0 Å². The van der Waals surface area contributed by atoms with Crippen molar-refractivity contribution in [2.45, 2.75) is 20.4 Å². The van der Waals surface area contributed by atoms with Gasteiger partial charge in [-0.15, -0.1) is 11.3 Å². The third kappa shape index (κ3) is 2.19. The van der Waals surface area contributed by atoms with Gasteiger partial charge in [-0.3, -0.25) is 0 Å². The molecule has 1 aromatic heterocycles. The van der Waals surface area contributed by atoms with Crippen molar-refractivity contribution in [3.05, 3.63) is 38.8 Å². The molecule has 84 valence electrons. The van der Waals surface area contributed by atoms with Crippen molar-refractivity contribution in [2.24, 2.45) is 5.73 Å². The molecule has 2 nitrogen and oxygen atoms in total. The molecule has 0 atom stereocenters. The Morgan fingerprint density at radius 3 is 2.69 bits per heavy atom. The van der Waals surface area contributed by atoms with Crippen molar-refractivity contribution >= 4 is 27.3 Å². The highest BCUT2D eigenvalue weighted by atomic mass is 79.9. The summed E-state index contributed by atoms with van der Waals surface area (Å²) in [6, 6.07) is 6.30. The number of benzene rings is 1. The van der Waals surface area contributed by atoms with Gasteiger partial charge in [-0.1, -0.05) is 28.1 Å². The van der Waals surface area contributed by atoms with E-state index >= 15 is 0 Å². The van der Waals surface area contributed by atoms with Gasteiger partial charge in [0.15, 0.2) is 0 Å². The van der Waals surface area contributed by atoms with Crippen LogP contribution in [0.3, 0.4) is 0 Å². The van der Waals surface area contributed by atoms with E-state index < -0.39 is 0 Å². The van der Waals surface area contributed by atoms with Crippen LogP contribution < -0.4 is 5.73 Å². The van der Waals surface area contributed by atoms with Gasteiger partial charge in [0.1, 0.15) is 5.01 Å². The van der Waals surface area contributed by atoms with Crippen molar-refractivity contribution in [3.63, 3.8) is 0 Å². The second-order valence-corrected chi connectivity index (χ2v) is 5.65. The minimum Gasteiger partial charge on any atom is -0.326 e. The van der Waals surface area contributed by atoms with E-state index in [-0.39, 0.29) is 0 Å². The summed E-state index contributed by atoms with van der Waals surface area (Å²) in [7, 11) is 0. The first-order valence-corrected chi connectivity index (χ1v) is 6.65. The summed E-state index contributed by atoms with van der Waals surface area (Å²) in [5.74, 6) is 0. The molecular weight excluding hydrogens is 284 g/mol. The third-order valence-electron chi connectivity index (χ3n) is 2.43. The topological polar surface area (TPSA) is 38.9 Å². The quantitative estimate of drug-likeness (QED) is 0.919. The van der Waals surface area contributed by atoms with Crippen LogP contribution in [0.15, 0.2) is 22.7 Å². The molecule has 2 rings (SSSR count). The smallest absolute Gasteiger partial charge is 0.125 e. The molecule has 2 N–H and O–H groups in total. The SMILES string of the molecule is Cc1ccc(-c2nc(C)c(CN)s2)c(Br)c1. The molecule has 0 saturated heterocycles. The van der Waals surface area contributed by atoms with E-state index in [1.165, 1.54) is 5.56 Å². The van der Waals surface area contributed by atoms with Gasteiger partial charge in [0.25, 0.3) is 0 Å². The Kier molecular flexibility index (Phi) is 3.42. The van der Waals surface area contributed by atoms with E-state index in [9.17, 15) is 0 Å². The molecule has 0 amide bonds. The van der Waals surface area contributed by atoms with Crippen molar-refractivity contribution < 1.29 is 0 Å². The first-order valence-electron chi connectivity index (χ1n) is 5.04. The Morgan fingerprint density at radius 2 is 2.12 bits per heavy atom. The van der Waals surface area contributed by atoms with Gasteiger partial charge >= 0.3 is 0 Å². The highest BCUT2D eigenvalue weighted by Gasteiger charge is 2.10. The Labute approximate surface area is 108 Å². The average Bonchev–Trinajstić information content (AvgIpc) is 2.59. The third-order valence-corrected chi connectivity index (χ3v) is 4.30. The first kappa shape index (κ1) is 11.8. The van der Waals surface area contributed by atoms with Crippen LogP contribution in [0.2, 0.25) is 0 Å². The van der Waals surface area contributed by atoms with Gasteiger partial charge in [0.2, 0.25) is 0 Å². The van der Waals surface area contributed by atoms with E-state index in [4.69, 9.17) is 5.73 Å². The van der Waals surface area contributed by atoms with E-state index in [1.54, 1.807) is 11.3 Å². The van der Waals surface area contributed by atoms with Gasteiger partial charge in [0.05, 0.1) is 5.69 Å². The lowest BCUT2D eigenvalue weighted by Gasteiger charge is -2.01. The first-order chi connectivity index (χ1) is 7.61. The Bertz CT molecular complexity index is 520. The monoisotopic (exact) mass is 296 g/mol. The molecular formula is C12H13BrN2S. The Morgan fingerprint density at radius 1 is 1.38 bits per heavy atom. The zero-order chi connectivity index (χ0) is 11.7. The Balaban J connectivity index is 2.50. The molecule has 0 aliphatic heterocycles. The number of halogens is 1. The minimum absolute atomic E-state index is 0.562. The summed E-state index contributed by atoms with van der Waals surface area (Å²) in [4.78, 5) is 5.71. The summed E-state index contributed by atoms with van der Waals surface area (Å²) in [6.45, 7) is 4.64. The molecule has 0 fully saturated rings. The van der Waals surface area contributed by atoms with Crippen LogP contribution in [0.25, 0.3) is 10.6 Å². The molecule has 0 aliphatic carbocycles. The number of aryl methyl sites for hydroxylation is 2. The van der Waals surface area contributed by atoms with E-state index in [0.717, 1.165) is 25.6 Å². The molecule has 4 heteroatoms. The molecule has 2 aromatic rings. The van der Waals surface area contributed by atoms with Gasteiger partial charge in [-0.25, -0.2) is 4.98 Å². The van der Waals surface area contributed by atoms with E-state index in [0.29, 0.717) is 6.54 Å². The molecule has 0 bridgehead atoms. The average molecular weight is 297 g/mol. The fourth-order valence-electron chi connectivity index (χ4n) is 1.53. The number of hydrogen-bond acceptors (Lipinski definition) is 3. The fraction of sp³-hybridized carbons (Fsp3) is 0.250. The molecule has 0 aliphatic rings. The van der Waals surface area contributed by atoms with Crippen LogP contribution in [-0.4, -0.2) is 4.98 Å². The van der Waals surface area contributed by atoms with Crippen LogP contribution in [0.1, 0.15) is 16.1 Å². The number of hydrogen-bond donors (Lipinski definition) is 1. The highest BCUT2D eigenvalue weighted by Crippen LogP contribution is 2.33. The normalized spacial score (nSPS) is 10.8. The van der Waals surface area contributed by atoms with Crippen molar-refractivity contribution in [2.75, 3.05) is 0 Å². The molecule has 1 heterocycles. The summed E-state index contributed by atoms with van der Waals surface area (Å²) >= 11 is 5.24. The number of thiazole rings is 1. The molecule has 0 spiro atoms. The van der Waals surface area contributed by atoms with E-state index in [1.807, 2.05) is 6.92 Å². The molecule has 1 aromatic carbocycles. The predicted octanol–water partition coefficient (Wildman–Crippen LogP) is 3.65. The second-order valence-electron chi connectivity index (χ2n) is 3.72. The molecule has 0 radical (unpaired) electrons. The lowest BCUT2D eigenvalue weighted by Crippen LogP contribution is -1.94. The summed E-state index contributed by atoms with van der Waals surface area (Å²) < 4.78 is 1.09.